The SMILES string of the molecule is CCCNc1cnccc1C(=O)N1CC(C)C(N(C)C)C1. The lowest BCUT2D eigenvalue weighted by Gasteiger charge is -2.22. The van der Waals surface area contributed by atoms with Gasteiger partial charge in [-0.1, -0.05) is 13.8 Å². The van der Waals surface area contributed by atoms with Gasteiger partial charge in [-0.05, 0) is 32.5 Å². The molecule has 0 saturated carbocycles. The zero-order valence-electron chi connectivity index (χ0n) is 13.5. The van der Waals surface area contributed by atoms with E-state index < -0.39 is 0 Å². The average Bonchev–Trinajstić information content (AvgIpc) is 2.87. The highest BCUT2D eigenvalue weighted by Crippen LogP contribution is 2.24. The highest BCUT2D eigenvalue weighted by atomic mass is 16.2. The monoisotopic (exact) mass is 290 g/mol. The van der Waals surface area contributed by atoms with Gasteiger partial charge in [-0.15, -0.1) is 0 Å². The molecule has 0 bridgehead atoms. The number of rotatable bonds is 5. The largest absolute Gasteiger partial charge is 0.383 e. The van der Waals surface area contributed by atoms with Crippen LogP contribution in [0.15, 0.2) is 18.5 Å². The van der Waals surface area contributed by atoms with Gasteiger partial charge in [0.2, 0.25) is 0 Å². The fourth-order valence-electron chi connectivity index (χ4n) is 2.94. The quantitative estimate of drug-likeness (QED) is 0.900. The molecule has 5 heteroatoms. The Hall–Kier alpha value is -1.62. The van der Waals surface area contributed by atoms with E-state index in [0.717, 1.165) is 37.3 Å². The first-order chi connectivity index (χ1) is 10.0. The van der Waals surface area contributed by atoms with Gasteiger partial charge in [0.25, 0.3) is 5.91 Å². The van der Waals surface area contributed by atoms with Crippen LogP contribution in [0, 0.1) is 5.92 Å². The molecule has 1 fully saturated rings. The first-order valence-electron chi connectivity index (χ1n) is 7.68. The number of carbonyl (C=O) groups excluding carboxylic acids is 1. The number of anilines is 1. The number of nitrogens with zero attached hydrogens (tertiary/aromatic N) is 3. The summed E-state index contributed by atoms with van der Waals surface area (Å²) in [6.45, 7) is 6.78. The molecule has 2 unspecified atom stereocenters. The van der Waals surface area contributed by atoms with Crippen molar-refractivity contribution in [1.29, 1.82) is 0 Å². The highest BCUT2D eigenvalue weighted by molar-refractivity contribution is 5.99. The second-order valence-electron chi connectivity index (χ2n) is 6.07. The molecule has 2 atom stereocenters. The van der Waals surface area contributed by atoms with Crippen LogP contribution in [-0.4, -0.2) is 60.5 Å². The van der Waals surface area contributed by atoms with Gasteiger partial charge in [0.05, 0.1) is 17.4 Å². The van der Waals surface area contributed by atoms with E-state index in [2.05, 4.69) is 43.1 Å². The third-order valence-corrected chi connectivity index (χ3v) is 4.14. The molecule has 21 heavy (non-hydrogen) atoms. The number of carbonyl (C=O) groups is 1. The van der Waals surface area contributed by atoms with Gasteiger partial charge in [-0.3, -0.25) is 9.78 Å². The maximum absolute atomic E-state index is 12.8. The summed E-state index contributed by atoms with van der Waals surface area (Å²) in [7, 11) is 4.16. The second-order valence-corrected chi connectivity index (χ2v) is 6.07. The molecule has 0 aliphatic carbocycles. The van der Waals surface area contributed by atoms with Gasteiger partial charge in [0, 0.05) is 31.9 Å². The summed E-state index contributed by atoms with van der Waals surface area (Å²) in [5, 5.41) is 3.29. The van der Waals surface area contributed by atoms with Crippen molar-refractivity contribution in [1.82, 2.24) is 14.8 Å². The highest BCUT2D eigenvalue weighted by Gasteiger charge is 2.34. The van der Waals surface area contributed by atoms with Crippen LogP contribution in [0.3, 0.4) is 0 Å². The Kier molecular flexibility index (Phi) is 5.17. The number of likely N-dealkylation sites (tertiary alicyclic amines) is 1. The summed E-state index contributed by atoms with van der Waals surface area (Å²) in [4.78, 5) is 21.1. The first-order valence-corrected chi connectivity index (χ1v) is 7.68. The predicted octanol–water partition coefficient (Wildman–Crippen LogP) is 1.93. The van der Waals surface area contributed by atoms with Crippen molar-refractivity contribution in [3.8, 4) is 0 Å². The van der Waals surface area contributed by atoms with E-state index in [-0.39, 0.29) is 5.91 Å². The van der Waals surface area contributed by atoms with Gasteiger partial charge in [0.1, 0.15) is 0 Å². The fraction of sp³-hybridized carbons (Fsp3) is 0.625. The minimum Gasteiger partial charge on any atom is -0.383 e. The summed E-state index contributed by atoms with van der Waals surface area (Å²) in [6.07, 6.45) is 4.45. The number of nitrogens with one attached hydrogen (secondary N) is 1. The summed E-state index contributed by atoms with van der Waals surface area (Å²) < 4.78 is 0. The van der Waals surface area contributed by atoms with Gasteiger partial charge >= 0.3 is 0 Å². The molecular weight excluding hydrogens is 264 g/mol. The van der Waals surface area contributed by atoms with Crippen molar-refractivity contribution < 1.29 is 4.79 Å². The summed E-state index contributed by atoms with van der Waals surface area (Å²) in [6, 6.07) is 2.25. The molecule has 1 aromatic rings. The Morgan fingerprint density at radius 1 is 1.48 bits per heavy atom. The number of pyridine rings is 1. The van der Waals surface area contributed by atoms with Crippen LogP contribution in [-0.2, 0) is 0 Å². The molecule has 2 rings (SSSR count). The van der Waals surface area contributed by atoms with E-state index in [1.54, 1.807) is 12.4 Å². The van der Waals surface area contributed by atoms with Crippen LogP contribution in [0.2, 0.25) is 0 Å². The number of amides is 1. The van der Waals surface area contributed by atoms with Crippen molar-refractivity contribution in [2.75, 3.05) is 39.0 Å². The van der Waals surface area contributed by atoms with Crippen LogP contribution in [0.5, 0.6) is 0 Å². The molecule has 1 amide bonds. The van der Waals surface area contributed by atoms with Crippen molar-refractivity contribution in [3.63, 3.8) is 0 Å². The van der Waals surface area contributed by atoms with Crippen molar-refractivity contribution >= 4 is 11.6 Å². The van der Waals surface area contributed by atoms with Crippen molar-refractivity contribution in [3.05, 3.63) is 24.0 Å². The van der Waals surface area contributed by atoms with Crippen molar-refractivity contribution in [2.45, 2.75) is 26.3 Å². The van der Waals surface area contributed by atoms with Crippen LogP contribution >= 0.6 is 0 Å². The number of aromatic nitrogens is 1. The topological polar surface area (TPSA) is 48.5 Å². The summed E-state index contributed by atoms with van der Waals surface area (Å²) in [5.41, 5.74) is 1.57. The molecule has 1 aromatic heterocycles. The smallest absolute Gasteiger partial charge is 0.256 e. The third-order valence-electron chi connectivity index (χ3n) is 4.14. The van der Waals surface area contributed by atoms with Crippen molar-refractivity contribution in [2.24, 2.45) is 5.92 Å². The van der Waals surface area contributed by atoms with E-state index in [1.807, 2.05) is 11.0 Å². The van der Waals surface area contributed by atoms with Crippen LogP contribution in [0.4, 0.5) is 5.69 Å². The van der Waals surface area contributed by atoms with E-state index in [1.165, 1.54) is 0 Å². The molecule has 116 valence electrons. The maximum Gasteiger partial charge on any atom is 0.256 e. The lowest BCUT2D eigenvalue weighted by molar-refractivity contribution is 0.0782. The summed E-state index contributed by atoms with van der Waals surface area (Å²) >= 11 is 0. The predicted molar refractivity (Wildman–Crippen MR) is 85.6 cm³/mol. The Labute approximate surface area is 127 Å². The number of likely N-dealkylation sites (N-methyl/N-ethyl adjacent to an activating group) is 1. The summed E-state index contributed by atoms with van der Waals surface area (Å²) in [5.74, 6) is 0.602. The molecule has 1 aliphatic rings. The van der Waals surface area contributed by atoms with Crippen LogP contribution < -0.4 is 5.32 Å². The Balaban J connectivity index is 2.14. The van der Waals surface area contributed by atoms with Crippen LogP contribution in [0.25, 0.3) is 0 Å². The van der Waals surface area contributed by atoms with Gasteiger partial charge in [-0.2, -0.15) is 0 Å². The molecule has 0 spiro atoms. The molecule has 0 aromatic carbocycles. The lowest BCUT2D eigenvalue weighted by Crippen LogP contribution is -2.36. The zero-order valence-corrected chi connectivity index (χ0v) is 13.5. The van der Waals surface area contributed by atoms with E-state index in [4.69, 9.17) is 0 Å². The molecule has 2 heterocycles. The third kappa shape index (κ3) is 3.53. The Morgan fingerprint density at radius 2 is 2.24 bits per heavy atom. The lowest BCUT2D eigenvalue weighted by atomic mass is 10.1. The molecule has 1 aliphatic heterocycles. The second kappa shape index (κ2) is 6.89. The standard InChI is InChI=1S/C16H26N4O/c1-5-7-18-14-9-17-8-6-13(14)16(21)20-10-12(2)15(11-20)19(3)4/h6,8-9,12,15,18H,5,7,10-11H2,1-4H3. The first kappa shape index (κ1) is 15.8. The van der Waals surface area contributed by atoms with Gasteiger partial charge in [-0.25, -0.2) is 0 Å². The molecule has 5 nitrogen and oxygen atoms in total. The Bertz CT molecular complexity index is 489. The number of hydrogen-bond acceptors (Lipinski definition) is 4. The van der Waals surface area contributed by atoms with E-state index in [0.29, 0.717) is 12.0 Å². The van der Waals surface area contributed by atoms with Crippen LogP contribution in [0.1, 0.15) is 30.6 Å². The maximum atomic E-state index is 12.8. The van der Waals surface area contributed by atoms with Gasteiger partial charge < -0.3 is 15.1 Å². The fourth-order valence-corrected chi connectivity index (χ4v) is 2.94. The van der Waals surface area contributed by atoms with Gasteiger partial charge in [0.15, 0.2) is 0 Å². The zero-order chi connectivity index (χ0) is 15.4. The van der Waals surface area contributed by atoms with E-state index >= 15 is 0 Å². The Morgan fingerprint density at radius 3 is 2.86 bits per heavy atom. The number of hydrogen-bond donors (Lipinski definition) is 1. The molecular formula is C16H26N4O. The molecule has 1 saturated heterocycles. The minimum absolute atomic E-state index is 0.104. The minimum atomic E-state index is 0.104. The molecule has 0 radical (unpaired) electrons. The normalized spacial score (nSPS) is 21.9. The van der Waals surface area contributed by atoms with E-state index in [9.17, 15) is 4.79 Å². The average molecular weight is 290 g/mol. The molecule has 1 N–H and O–H groups in total.